The minimum absolute atomic E-state index is 0.337. The molecular formula is C13H13NO3. The molecule has 1 heterocycles. The maximum absolute atomic E-state index is 10.1. The van der Waals surface area contributed by atoms with Crippen LogP contribution in [-0.4, -0.2) is 18.2 Å². The van der Waals surface area contributed by atoms with Gasteiger partial charge in [0.1, 0.15) is 12.0 Å². The molecule has 4 heteroatoms. The van der Waals surface area contributed by atoms with Crippen LogP contribution in [0.5, 0.6) is 0 Å². The molecular weight excluding hydrogens is 218 g/mol. The average Bonchev–Trinajstić information content (AvgIpc) is 2.78. The van der Waals surface area contributed by atoms with Crippen molar-refractivity contribution in [3.8, 4) is 11.3 Å². The summed E-state index contributed by atoms with van der Waals surface area (Å²) in [6, 6.07) is 7.96. The lowest BCUT2D eigenvalue weighted by atomic mass is 10.0. The van der Waals surface area contributed by atoms with Crippen molar-refractivity contribution in [2.45, 2.75) is 13.3 Å². The summed E-state index contributed by atoms with van der Waals surface area (Å²) >= 11 is 0. The van der Waals surface area contributed by atoms with E-state index < -0.39 is 0 Å². The predicted molar refractivity (Wildman–Crippen MR) is 62.4 cm³/mol. The number of hydrogen-bond acceptors (Lipinski definition) is 4. The topological polar surface area (TPSA) is 52.3 Å². The van der Waals surface area contributed by atoms with Crippen molar-refractivity contribution < 1.29 is 14.1 Å². The average molecular weight is 231 g/mol. The zero-order valence-corrected chi connectivity index (χ0v) is 9.55. The smallest absolute Gasteiger partial charge is 0.293 e. The highest BCUT2D eigenvalue weighted by atomic mass is 16.5. The first-order chi connectivity index (χ1) is 8.33. The predicted octanol–water partition coefficient (Wildman–Crippen LogP) is 2.37. The third kappa shape index (κ3) is 2.53. The summed E-state index contributed by atoms with van der Waals surface area (Å²) in [5.41, 5.74) is 3.94. The Bertz CT molecular complexity index is 505. The van der Waals surface area contributed by atoms with E-state index in [9.17, 15) is 4.79 Å². The summed E-state index contributed by atoms with van der Waals surface area (Å²) in [5, 5.41) is 4.01. The Morgan fingerprint density at radius 2 is 2.24 bits per heavy atom. The second-order valence-electron chi connectivity index (χ2n) is 3.72. The lowest BCUT2D eigenvalue weighted by Crippen LogP contribution is -1.97. The molecule has 2 aromatic rings. The van der Waals surface area contributed by atoms with Gasteiger partial charge in [-0.2, -0.15) is 0 Å². The van der Waals surface area contributed by atoms with Gasteiger partial charge in [0.2, 0.25) is 0 Å². The summed E-state index contributed by atoms with van der Waals surface area (Å²) in [4.78, 5) is 10.1. The number of ether oxygens (including phenoxy) is 1. The Kier molecular flexibility index (Phi) is 3.55. The van der Waals surface area contributed by atoms with E-state index in [4.69, 9.17) is 4.52 Å². The van der Waals surface area contributed by atoms with Crippen molar-refractivity contribution >= 4 is 6.47 Å². The lowest BCUT2D eigenvalue weighted by molar-refractivity contribution is -0.128. The summed E-state index contributed by atoms with van der Waals surface area (Å²) in [6.45, 7) is 2.81. The molecule has 0 fully saturated rings. The van der Waals surface area contributed by atoms with Crippen LogP contribution in [-0.2, 0) is 16.0 Å². The molecule has 88 valence electrons. The monoisotopic (exact) mass is 231 g/mol. The second kappa shape index (κ2) is 5.30. The Labute approximate surface area is 99.2 Å². The number of aromatic nitrogens is 1. The Balaban J connectivity index is 2.24. The fourth-order valence-electron chi connectivity index (χ4n) is 1.71. The number of carbonyl (C=O) groups is 1. The highest BCUT2D eigenvalue weighted by Crippen LogP contribution is 2.25. The summed E-state index contributed by atoms with van der Waals surface area (Å²) in [7, 11) is 0. The van der Waals surface area contributed by atoms with Gasteiger partial charge in [-0.3, -0.25) is 4.79 Å². The van der Waals surface area contributed by atoms with Gasteiger partial charge in [-0.25, -0.2) is 0 Å². The van der Waals surface area contributed by atoms with Crippen molar-refractivity contribution in [3.63, 3.8) is 0 Å². The fraction of sp³-hybridized carbons (Fsp3) is 0.231. The molecule has 1 aromatic carbocycles. The van der Waals surface area contributed by atoms with Crippen LogP contribution >= 0.6 is 0 Å². The van der Waals surface area contributed by atoms with Crippen LogP contribution < -0.4 is 0 Å². The van der Waals surface area contributed by atoms with Gasteiger partial charge in [0, 0.05) is 17.5 Å². The maximum atomic E-state index is 10.1. The lowest BCUT2D eigenvalue weighted by Gasteiger charge is -2.03. The summed E-state index contributed by atoms with van der Waals surface area (Å²) in [5.74, 6) is 0. The van der Waals surface area contributed by atoms with E-state index in [2.05, 4.69) is 9.89 Å². The van der Waals surface area contributed by atoms with Gasteiger partial charge in [-0.15, -0.1) is 0 Å². The molecule has 0 radical (unpaired) electrons. The Morgan fingerprint density at radius 3 is 3.00 bits per heavy atom. The van der Waals surface area contributed by atoms with Gasteiger partial charge in [0.25, 0.3) is 6.47 Å². The number of rotatable bonds is 5. The van der Waals surface area contributed by atoms with E-state index in [1.165, 1.54) is 0 Å². The van der Waals surface area contributed by atoms with Crippen LogP contribution in [0.1, 0.15) is 11.1 Å². The van der Waals surface area contributed by atoms with Gasteiger partial charge in [-0.1, -0.05) is 29.4 Å². The van der Waals surface area contributed by atoms with E-state index >= 15 is 0 Å². The Morgan fingerprint density at radius 1 is 1.41 bits per heavy atom. The molecule has 0 unspecified atom stereocenters. The number of benzene rings is 1. The van der Waals surface area contributed by atoms with Crippen LogP contribution in [0.4, 0.5) is 0 Å². The van der Waals surface area contributed by atoms with E-state index in [0.717, 1.165) is 22.4 Å². The highest BCUT2D eigenvalue weighted by Gasteiger charge is 2.11. The third-order valence-corrected chi connectivity index (χ3v) is 2.60. The molecule has 0 atom stereocenters. The minimum atomic E-state index is 0.337. The number of aryl methyl sites for hydroxylation is 1. The first kappa shape index (κ1) is 11.4. The normalized spacial score (nSPS) is 10.2. The molecule has 0 aliphatic rings. The molecule has 2 rings (SSSR count). The van der Waals surface area contributed by atoms with Crippen molar-refractivity contribution in [3.05, 3.63) is 41.7 Å². The van der Waals surface area contributed by atoms with Crippen LogP contribution in [0, 0.1) is 6.92 Å². The van der Waals surface area contributed by atoms with Gasteiger partial charge in [0.15, 0.2) is 0 Å². The molecule has 0 bridgehead atoms. The van der Waals surface area contributed by atoms with Crippen LogP contribution in [0.15, 0.2) is 35.1 Å². The van der Waals surface area contributed by atoms with Crippen molar-refractivity contribution in [2.24, 2.45) is 0 Å². The van der Waals surface area contributed by atoms with Gasteiger partial charge in [0.05, 0.1) is 6.61 Å². The molecule has 0 aliphatic carbocycles. The van der Waals surface area contributed by atoms with E-state index in [-0.39, 0.29) is 0 Å². The minimum Gasteiger partial charge on any atom is -0.468 e. The fourth-order valence-corrected chi connectivity index (χ4v) is 1.71. The van der Waals surface area contributed by atoms with Crippen LogP contribution in [0.2, 0.25) is 0 Å². The summed E-state index contributed by atoms with van der Waals surface area (Å²) < 4.78 is 9.67. The summed E-state index contributed by atoms with van der Waals surface area (Å²) in [6.07, 6.45) is 2.20. The first-order valence-electron chi connectivity index (χ1n) is 5.37. The molecule has 1 aromatic heterocycles. The number of hydrogen-bond donors (Lipinski definition) is 0. The zero-order chi connectivity index (χ0) is 12.1. The second-order valence-corrected chi connectivity index (χ2v) is 3.72. The van der Waals surface area contributed by atoms with E-state index in [0.29, 0.717) is 19.5 Å². The van der Waals surface area contributed by atoms with E-state index in [1.807, 2.05) is 31.2 Å². The number of carbonyl (C=O) groups excluding carboxylic acids is 1. The highest BCUT2D eigenvalue weighted by molar-refractivity contribution is 5.65. The largest absolute Gasteiger partial charge is 0.468 e. The molecule has 0 spiro atoms. The van der Waals surface area contributed by atoms with Crippen molar-refractivity contribution in [2.75, 3.05) is 6.61 Å². The third-order valence-electron chi connectivity index (χ3n) is 2.60. The zero-order valence-electron chi connectivity index (χ0n) is 9.55. The van der Waals surface area contributed by atoms with Crippen LogP contribution in [0.25, 0.3) is 11.3 Å². The van der Waals surface area contributed by atoms with Crippen LogP contribution in [0.3, 0.4) is 0 Å². The van der Waals surface area contributed by atoms with Gasteiger partial charge in [-0.05, 0) is 12.5 Å². The molecule has 0 N–H and O–H groups in total. The van der Waals surface area contributed by atoms with Crippen molar-refractivity contribution in [1.29, 1.82) is 0 Å². The standard InChI is InChI=1S/C13H13NO3/c1-10-4-2-3-5-12(10)13-11(8-17-14-13)6-7-16-9-15/h2-5,8-9H,6-7H2,1H3. The van der Waals surface area contributed by atoms with Crippen molar-refractivity contribution in [1.82, 2.24) is 5.16 Å². The number of nitrogens with zero attached hydrogens (tertiary/aromatic N) is 1. The Hall–Kier alpha value is -2.10. The van der Waals surface area contributed by atoms with Gasteiger partial charge < -0.3 is 9.26 Å². The SMILES string of the molecule is Cc1ccccc1-c1nocc1CCOC=O. The molecule has 0 aliphatic heterocycles. The molecule has 0 saturated heterocycles. The van der Waals surface area contributed by atoms with Gasteiger partial charge >= 0.3 is 0 Å². The van der Waals surface area contributed by atoms with E-state index in [1.54, 1.807) is 6.26 Å². The maximum Gasteiger partial charge on any atom is 0.293 e. The first-order valence-corrected chi connectivity index (χ1v) is 5.37. The molecule has 17 heavy (non-hydrogen) atoms. The molecule has 0 saturated carbocycles. The molecule has 4 nitrogen and oxygen atoms in total. The molecule has 0 amide bonds. The quantitative estimate of drug-likeness (QED) is 0.585.